The number of nitro benzene ring substituents is 1. The fraction of sp³-hybridized carbons (Fsp3) is 0.500. The summed E-state index contributed by atoms with van der Waals surface area (Å²) in [7, 11) is 0. The molecule has 114 valence electrons. The number of nitrogens with two attached hydrogens (primary N) is 1. The van der Waals surface area contributed by atoms with Crippen LogP contribution in [0.2, 0.25) is 0 Å². The zero-order valence-electron chi connectivity index (χ0n) is 11.9. The first-order valence-electron chi connectivity index (χ1n) is 7.00. The number of benzene rings is 1. The fourth-order valence-electron chi connectivity index (χ4n) is 2.70. The van der Waals surface area contributed by atoms with Gasteiger partial charge in [0.1, 0.15) is 11.3 Å². The molecule has 2 atom stereocenters. The molecule has 2 rings (SSSR count). The first-order chi connectivity index (χ1) is 10.0. The van der Waals surface area contributed by atoms with E-state index in [-0.39, 0.29) is 23.0 Å². The summed E-state index contributed by atoms with van der Waals surface area (Å²) >= 11 is 1.82. The molecule has 1 amide bonds. The second kappa shape index (κ2) is 6.80. The van der Waals surface area contributed by atoms with Crippen LogP contribution in [0.4, 0.5) is 11.4 Å². The van der Waals surface area contributed by atoms with Crippen molar-refractivity contribution in [2.24, 2.45) is 0 Å². The Kier molecular flexibility index (Phi) is 5.06. The quantitative estimate of drug-likeness (QED) is 0.495. The molecule has 0 aromatic heterocycles. The van der Waals surface area contributed by atoms with Gasteiger partial charge in [-0.3, -0.25) is 14.9 Å². The molecule has 7 heteroatoms. The Morgan fingerprint density at radius 1 is 1.52 bits per heavy atom. The molecule has 6 nitrogen and oxygen atoms in total. The van der Waals surface area contributed by atoms with Gasteiger partial charge in [-0.05, 0) is 30.7 Å². The van der Waals surface area contributed by atoms with E-state index in [4.69, 9.17) is 5.73 Å². The highest BCUT2D eigenvalue weighted by Gasteiger charge is 2.31. The maximum absolute atomic E-state index is 12.3. The number of nitrogens with zero attached hydrogens (tertiary/aromatic N) is 1. The summed E-state index contributed by atoms with van der Waals surface area (Å²) in [5, 5.41) is 14.4. The minimum atomic E-state index is -0.600. The zero-order valence-corrected chi connectivity index (χ0v) is 12.7. The fourth-order valence-corrected chi connectivity index (χ4v) is 3.90. The molecule has 1 fully saturated rings. The molecule has 0 bridgehead atoms. The first kappa shape index (κ1) is 15.6. The van der Waals surface area contributed by atoms with Crippen molar-refractivity contribution in [3.63, 3.8) is 0 Å². The van der Waals surface area contributed by atoms with Gasteiger partial charge >= 0.3 is 5.69 Å². The molecule has 21 heavy (non-hydrogen) atoms. The summed E-state index contributed by atoms with van der Waals surface area (Å²) in [4.78, 5) is 22.8. The van der Waals surface area contributed by atoms with Crippen molar-refractivity contribution in [3.8, 4) is 0 Å². The second-order valence-electron chi connectivity index (χ2n) is 5.01. The molecular formula is C14H19N3O3S. The van der Waals surface area contributed by atoms with Crippen LogP contribution >= 0.6 is 11.8 Å². The van der Waals surface area contributed by atoms with Crippen molar-refractivity contribution in [2.75, 3.05) is 11.5 Å². The normalized spacial score (nSPS) is 21.2. The van der Waals surface area contributed by atoms with Crippen LogP contribution in [0.15, 0.2) is 18.2 Å². The number of hydrogen-bond donors (Lipinski definition) is 2. The molecule has 1 aliphatic carbocycles. The van der Waals surface area contributed by atoms with Gasteiger partial charge in [-0.2, -0.15) is 11.8 Å². The number of para-hydroxylation sites is 1. The van der Waals surface area contributed by atoms with Crippen LogP contribution < -0.4 is 11.1 Å². The van der Waals surface area contributed by atoms with Crippen LogP contribution in [0.1, 0.15) is 36.5 Å². The number of nitrogens with one attached hydrogen (secondary N) is 1. The van der Waals surface area contributed by atoms with Crippen LogP contribution in [-0.2, 0) is 0 Å². The van der Waals surface area contributed by atoms with Crippen molar-refractivity contribution >= 4 is 29.0 Å². The summed E-state index contributed by atoms with van der Waals surface area (Å²) in [5.74, 6) is 0.581. The monoisotopic (exact) mass is 309 g/mol. The summed E-state index contributed by atoms with van der Waals surface area (Å²) in [6, 6.07) is 4.51. The van der Waals surface area contributed by atoms with Gasteiger partial charge in [0, 0.05) is 11.3 Å². The summed E-state index contributed by atoms with van der Waals surface area (Å²) in [5.41, 5.74) is 5.35. The minimum absolute atomic E-state index is 0.0126. The molecule has 1 aromatic rings. The number of carbonyl (C=O) groups is 1. The zero-order chi connectivity index (χ0) is 15.4. The summed E-state index contributed by atoms with van der Waals surface area (Å²) < 4.78 is 0. The Morgan fingerprint density at radius 2 is 2.29 bits per heavy atom. The van der Waals surface area contributed by atoms with Gasteiger partial charge in [0.25, 0.3) is 5.91 Å². The third-order valence-electron chi connectivity index (χ3n) is 3.64. The maximum Gasteiger partial charge on any atom is 0.304 e. The Hall–Kier alpha value is -1.76. The molecule has 0 aliphatic heterocycles. The lowest BCUT2D eigenvalue weighted by molar-refractivity contribution is -0.384. The van der Waals surface area contributed by atoms with E-state index >= 15 is 0 Å². The number of nitrogen functional groups attached to an aromatic ring is 1. The molecule has 0 saturated heterocycles. The Balaban J connectivity index is 2.17. The molecule has 2 unspecified atom stereocenters. The highest BCUT2D eigenvalue weighted by Crippen LogP contribution is 2.31. The third kappa shape index (κ3) is 3.47. The number of thioether (sulfide) groups is 1. The van der Waals surface area contributed by atoms with Crippen LogP contribution in [0.5, 0.6) is 0 Å². The molecule has 1 aromatic carbocycles. The topological polar surface area (TPSA) is 98.3 Å². The van der Waals surface area contributed by atoms with Gasteiger partial charge in [0.05, 0.1) is 4.92 Å². The van der Waals surface area contributed by atoms with Gasteiger partial charge in [0.15, 0.2) is 0 Å². The molecule has 1 aliphatic rings. The molecule has 0 spiro atoms. The molecule has 1 saturated carbocycles. The number of carbonyl (C=O) groups excluding carboxylic acids is 1. The van der Waals surface area contributed by atoms with Crippen LogP contribution in [0.3, 0.4) is 0 Å². The first-order valence-corrected chi connectivity index (χ1v) is 8.04. The number of rotatable bonds is 5. The van der Waals surface area contributed by atoms with Crippen LogP contribution in [0, 0.1) is 10.1 Å². The predicted octanol–water partition coefficient (Wildman–Crippen LogP) is 2.58. The highest BCUT2D eigenvalue weighted by molar-refractivity contribution is 7.99. The average molecular weight is 309 g/mol. The second-order valence-corrected chi connectivity index (χ2v) is 6.52. The summed E-state index contributed by atoms with van der Waals surface area (Å²) in [6.45, 7) is 2.09. The van der Waals surface area contributed by atoms with E-state index in [0.29, 0.717) is 5.25 Å². The number of anilines is 1. The lowest BCUT2D eigenvalue weighted by Gasteiger charge is -2.20. The Bertz CT molecular complexity index is 550. The molecule has 0 heterocycles. The van der Waals surface area contributed by atoms with Crippen LogP contribution in [-0.4, -0.2) is 27.9 Å². The van der Waals surface area contributed by atoms with Gasteiger partial charge in [-0.25, -0.2) is 0 Å². The summed E-state index contributed by atoms with van der Waals surface area (Å²) in [6.07, 6.45) is 3.06. The van der Waals surface area contributed by atoms with Crippen LogP contribution in [0.25, 0.3) is 0 Å². The SMILES string of the molecule is CCSC1CCCC1NC(=O)c1cccc(N)c1[N+](=O)[O-]. The smallest absolute Gasteiger partial charge is 0.304 e. The highest BCUT2D eigenvalue weighted by atomic mass is 32.2. The minimum Gasteiger partial charge on any atom is -0.393 e. The van der Waals surface area contributed by atoms with Crippen molar-refractivity contribution in [1.82, 2.24) is 5.32 Å². The largest absolute Gasteiger partial charge is 0.393 e. The maximum atomic E-state index is 12.3. The van der Waals surface area contributed by atoms with Gasteiger partial charge in [-0.15, -0.1) is 0 Å². The number of hydrogen-bond acceptors (Lipinski definition) is 5. The van der Waals surface area contributed by atoms with E-state index in [2.05, 4.69) is 12.2 Å². The Morgan fingerprint density at radius 3 is 2.95 bits per heavy atom. The number of amides is 1. The lowest BCUT2D eigenvalue weighted by atomic mass is 10.1. The van der Waals surface area contributed by atoms with Crippen molar-refractivity contribution in [2.45, 2.75) is 37.5 Å². The third-order valence-corrected chi connectivity index (χ3v) is 4.97. The lowest BCUT2D eigenvalue weighted by Crippen LogP contribution is -2.39. The molecule has 0 radical (unpaired) electrons. The van der Waals surface area contributed by atoms with E-state index in [0.717, 1.165) is 25.0 Å². The standard InChI is InChI=1S/C14H19N3O3S/c1-2-21-12-8-4-7-11(12)16-14(18)9-5-3-6-10(15)13(9)17(19)20/h3,5-6,11-12H,2,4,7-8,15H2,1H3,(H,16,18). The molecular weight excluding hydrogens is 290 g/mol. The van der Waals surface area contributed by atoms with Crippen molar-refractivity contribution in [3.05, 3.63) is 33.9 Å². The van der Waals surface area contributed by atoms with Crippen molar-refractivity contribution in [1.29, 1.82) is 0 Å². The van der Waals surface area contributed by atoms with E-state index in [1.54, 1.807) is 6.07 Å². The van der Waals surface area contributed by atoms with E-state index in [1.165, 1.54) is 12.1 Å². The average Bonchev–Trinajstić information content (AvgIpc) is 2.85. The van der Waals surface area contributed by atoms with E-state index < -0.39 is 10.8 Å². The van der Waals surface area contributed by atoms with Gasteiger partial charge < -0.3 is 11.1 Å². The van der Waals surface area contributed by atoms with E-state index in [1.807, 2.05) is 11.8 Å². The van der Waals surface area contributed by atoms with Crippen molar-refractivity contribution < 1.29 is 9.72 Å². The van der Waals surface area contributed by atoms with E-state index in [9.17, 15) is 14.9 Å². The van der Waals surface area contributed by atoms with Gasteiger partial charge in [-0.1, -0.05) is 19.4 Å². The van der Waals surface area contributed by atoms with Gasteiger partial charge in [0.2, 0.25) is 0 Å². The predicted molar refractivity (Wildman–Crippen MR) is 84.5 cm³/mol. The number of nitro groups is 1. The molecule has 3 N–H and O–H groups in total. The Labute approximate surface area is 127 Å².